The number of hydrogen-bond donors (Lipinski definition) is 2. The zero-order chi connectivity index (χ0) is 24.6. The molecular formula is C23H31N3O6. The molecule has 0 radical (unpaired) electrons. The number of hydrogen-bond acceptors (Lipinski definition) is 6. The first kappa shape index (κ1) is 26.5. The highest BCUT2D eigenvalue weighted by Gasteiger charge is 2.34. The zero-order valence-electron chi connectivity index (χ0n) is 19.6. The van der Waals surface area contributed by atoms with Gasteiger partial charge in [-0.1, -0.05) is 35.7 Å². The second-order valence-corrected chi connectivity index (χ2v) is 8.32. The number of rotatable bonds is 7. The number of carbonyl (C=O) groups excluding carboxylic acids is 4. The van der Waals surface area contributed by atoms with Gasteiger partial charge < -0.3 is 20.1 Å². The summed E-state index contributed by atoms with van der Waals surface area (Å²) >= 11 is 0. The van der Waals surface area contributed by atoms with Crippen LogP contribution in [0.2, 0.25) is 0 Å². The molecule has 0 heterocycles. The van der Waals surface area contributed by atoms with Crippen molar-refractivity contribution in [2.45, 2.75) is 59.2 Å². The van der Waals surface area contributed by atoms with Crippen LogP contribution in [-0.2, 0) is 23.9 Å². The maximum Gasteiger partial charge on any atom is 0.408 e. The van der Waals surface area contributed by atoms with E-state index in [0.29, 0.717) is 5.56 Å². The summed E-state index contributed by atoms with van der Waals surface area (Å²) in [6.07, 6.45) is 4.82. The summed E-state index contributed by atoms with van der Waals surface area (Å²) in [5, 5.41) is 4.86. The zero-order valence-corrected chi connectivity index (χ0v) is 19.6. The molecule has 174 valence electrons. The van der Waals surface area contributed by atoms with Gasteiger partial charge in [0.2, 0.25) is 5.91 Å². The van der Waals surface area contributed by atoms with Crippen LogP contribution in [0.1, 0.15) is 50.4 Å². The van der Waals surface area contributed by atoms with Crippen LogP contribution >= 0.6 is 0 Å². The molecule has 9 heteroatoms. The predicted molar refractivity (Wildman–Crippen MR) is 118 cm³/mol. The van der Waals surface area contributed by atoms with Crippen LogP contribution in [-0.4, -0.2) is 54.1 Å². The SMILES string of the molecule is C#CN(C(=O)C(C)NC(=O)OC(C)(C)C)C(C(=O)NCC(=O)OC)c1cc(C)cc(C)c1. The molecule has 2 unspecified atom stereocenters. The van der Waals surface area contributed by atoms with Crippen molar-refractivity contribution in [1.29, 1.82) is 0 Å². The van der Waals surface area contributed by atoms with Gasteiger partial charge in [0.1, 0.15) is 24.2 Å². The van der Waals surface area contributed by atoms with Crippen molar-refractivity contribution >= 4 is 23.9 Å². The molecule has 0 aliphatic carbocycles. The first-order valence-corrected chi connectivity index (χ1v) is 10.0. The summed E-state index contributed by atoms with van der Waals surface area (Å²) in [6, 6.07) is 5.27. The highest BCUT2D eigenvalue weighted by Crippen LogP contribution is 2.24. The molecule has 0 fully saturated rings. The Bertz CT molecular complexity index is 893. The molecule has 0 aliphatic rings. The fourth-order valence-electron chi connectivity index (χ4n) is 2.93. The van der Waals surface area contributed by atoms with Crippen LogP contribution in [0.3, 0.4) is 0 Å². The molecule has 0 saturated heterocycles. The summed E-state index contributed by atoms with van der Waals surface area (Å²) < 4.78 is 9.71. The summed E-state index contributed by atoms with van der Waals surface area (Å²) in [4.78, 5) is 50.5. The van der Waals surface area contributed by atoms with E-state index >= 15 is 0 Å². The van der Waals surface area contributed by atoms with E-state index in [1.165, 1.54) is 14.0 Å². The fourth-order valence-corrected chi connectivity index (χ4v) is 2.93. The smallest absolute Gasteiger partial charge is 0.408 e. The van der Waals surface area contributed by atoms with Gasteiger partial charge in [0.25, 0.3) is 5.91 Å². The largest absolute Gasteiger partial charge is 0.468 e. The Hall–Kier alpha value is -3.54. The first-order chi connectivity index (χ1) is 14.8. The summed E-state index contributed by atoms with van der Waals surface area (Å²) in [6.45, 7) is 9.79. The van der Waals surface area contributed by atoms with Crippen LogP contribution in [0.4, 0.5) is 4.79 Å². The predicted octanol–water partition coefficient (Wildman–Crippen LogP) is 1.97. The number of nitrogens with zero attached hydrogens (tertiary/aromatic N) is 1. The monoisotopic (exact) mass is 445 g/mol. The number of carbonyl (C=O) groups is 4. The van der Waals surface area contributed by atoms with Crippen molar-refractivity contribution in [2.75, 3.05) is 13.7 Å². The highest BCUT2D eigenvalue weighted by atomic mass is 16.6. The summed E-state index contributed by atoms with van der Waals surface area (Å²) in [7, 11) is 1.19. The van der Waals surface area contributed by atoms with Crippen LogP contribution in [0, 0.1) is 26.3 Å². The molecule has 9 nitrogen and oxygen atoms in total. The normalized spacial score (nSPS) is 12.6. The molecule has 0 aromatic heterocycles. The molecule has 1 rings (SSSR count). The van der Waals surface area contributed by atoms with Gasteiger partial charge in [-0.3, -0.25) is 19.3 Å². The number of ether oxygens (including phenoxy) is 2. The Morgan fingerprint density at radius 1 is 1.12 bits per heavy atom. The Kier molecular flexibility index (Phi) is 9.26. The van der Waals surface area contributed by atoms with E-state index in [1.54, 1.807) is 32.9 Å². The second-order valence-electron chi connectivity index (χ2n) is 8.32. The molecule has 0 aliphatic heterocycles. The molecule has 32 heavy (non-hydrogen) atoms. The van der Waals surface area contributed by atoms with E-state index < -0.39 is 48.1 Å². The van der Waals surface area contributed by atoms with Gasteiger partial charge in [-0.2, -0.15) is 0 Å². The molecule has 1 aromatic rings. The van der Waals surface area contributed by atoms with Crippen LogP contribution in [0.25, 0.3) is 0 Å². The number of methoxy groups -OCH3 is 1. The van der Waals surface area contributed by atoms with Gasteiger partial charge in [0.05, 0.1) is 7.11 Å². The van der Waals surface area contributed by atoms with E-state index in [1.807, 2.05) is 19.9 Å². The third-order valence-corrected chi connectivity index (χ3v) is 4.18. The molecule has 0 saturated carbocycles. The van der Waals surface area contributed by atoms with Gasteiger partial charge in [-0.15, -0.1) is 0 Å². The van der Waals surface area contributed by atoms with E-state index in [2.05, 4.69) is 21.4 Å². The molecular weight excluding hydrogens is 414 g/mol. The number of nitrogens with one attached hydrogen (secondary N) is 2. The molecule has 3 amide bonds. The minimum Gasteiger partial charge on any atom is -0.468 e. The molecule has 1 aromatic carbocycles. The van der Waals surface area contributed by atoms with Gasteiger partial charge in [-0.25, -0.2) is 4.79 Å². The lowest BCUT2D eigenvalue weighted by molar-refractivity contribution is -0.142. The van der Waals surface area contributed by atoms with Crippen molar-refractivity contribution in [1.82, 2.24) is 15.5 Å². The Balaban J connectivity index is 3.25. The summed E-state index contributed by atoms with van der Waals surface area (Å²) in [5.74, 6) is -2.03. The van der Waals surface area contributed by atoms with E-state index in [-0.39, 0.29) is 0 Å². The highest BCUT2D eigenvalue weighted by molar-refractivity contribution is 5.94. The third-order valence-electron chi connectivity index (χ3n) is 4.18. The minimum atomic E-state index is -1.24. The Labute approximate surface area is 188 Å². The quantitative estimate of drug-likeness (QED) is 0.377. The van der Waals surface area contributed by atoms with Crippen LogP contribution < -0.4 is 10.6 Å². The lowest BCUT2D eigenvalue weighted by atomic mass is 9.99. The second kappa shape index (κ2) is 11.2. The van der Waals surface area contributed by atoms with Crippen LogP contribution in [0.15, 0.2) is 18.2 Å². The van der Waals surface area contributed by atoms with Gasteiger partial charge >= 0.3 is 12.1 Å². The summed E-state index contributed by atoms with van der Waals surface area (Å²) in [5.41, 5.74) is 1.42. The number of terminal acetylenes is 1. The number of aryl methyl sites for hydroxylation is 2. The average Bonchev–Trinajstić information content (AvgIpc) is 2.66. The Morgan fingerprint density at radius 3 is 2.16 bits per heavy atom. The maximum atomic E-state index is 13.1. The lowest BCUT2D eigenvalue weighted by Crippen LogP contribution is -2.50. The Morgan fingerprint density at radius 2 is 1.69 bits per heavy atom. The number of alkyl carbamates (subject to hydrolysis) is 1. The average molecular weight is 446 g/mol. The van der Waals surface area contributed by atoms with Gasteiger partial charge in [0.15, 0.2) is 0 Å². The van der Waals surface area contributed by atoms with Gasteiger partial charge in [0, 0.05) is 6.04 Å². The molecule has 2 N–H and O–H groups in total. The molecule has 0 spiro atoms. The fraction of sp³-hybridized carbons (Fsp3) is 0.478. The van der Waals surface area contributed by atoms with Crippen LogP contribution in [0.5, 0.6) is 0 Å². The number of benzene rings is 1. The maximum absolute atomic E-state index is 13.1. The third kappa shape index (κ3) is 7.95. The van der Waals surface area contributed by atoms with E-state index in [9.17, 15) is 19.2 Å². The topological polar surface area (TPSA) is 114 Å². The standard InChI is InChI=1S/C23H31N3O6/c1-9-26(21(29)16(4)25-22(30)32-23(5,6)7)19(20(28)24-13-18(27)31-8)17-11-14(2)10-15(3)12-17/h1,10-12,16,19H,13H2,2-8H3,(H,24,28)(H,25,30). The van der Waals surface area contributed by atoms with E-state index in [4.69, 9.17) is 11.2 Å². The molecule has 2 atom stereocenters. The minimum absolute atomic E-state index is 0.394. The van der Waals surface area contributed by atoms with Crippen molar-refractivity contribution in [3.05, 3.63) is 34.9 Å². The lowest BCUT2D eigenvalue weighted by Gasteiger charge is -2.29. The molecule has 0 bridgehead atoms. The van der Waals surface area contributed by atoms with Crippen molar-refractivity contribution in [2.24, 2.45) is 0 Å². The number of amides is 3. The van der Waals surface area contributed by atoms with Crippen molar-refractivity contribution < 1.29 is 28.7 Å². The first-order valence-electron chi connectivity index (χ1n) is 10.0. The van der Waals surface area contributed by atoms with Gasteiger partial charge in [-0.05, 0) is 47.1 Å². The van der Waals surface area contributed by atoms with E-state index in [0.717, 1.165) is 16.0 Å². The van der Waals surface area contributed by atoms with Crippen molar-refractivity contribution in [3.8, 4) is 12.5 Å². The van der Waals surface area contributed by atoms with Crippen molar-refractivity contribution in [3.63, 3.8) is 0 Å². The number of esters is 1.